The molecule has 0 bridgehead atoms. The van der Waals surface area contributed by atoms with Crippen LogP contribution in [-0.4, -0.2) is 22.8 Å². The monoisotopic (exact) mass is 379 g/mol. The van der Waals surface area contributed by atoms with Crippen LogP contribution in [0.1, 0.15) is 32.7 Å². The molecule has 0 unspecified atom stereocenters. The number of carbonyl (C=O) groups excluding carboxylic acids is 1. The normalized spacial score (nSPS) is 10.6. The van der Waals surface area contributed by atoms with Crippen LogP contribution in [0.5, 0.6) is 11.5 Å². The third kappa shape index (κ3) is 4.34. The Bertz CT molecular complexity index is 1010. The van der Waals surface area contributed by atoms with Crippen molar-refractivity contribution in [3.05, 3.63) is 70.5 Å². The lowest BCUT2D eigenvalue weighted by Crippen LogP contribution is -2.13. The molecule has 3 rings (SSSR count). The van der Waals surface area contributed by atoms with Gasteiger partial charge in [0.2, 0.25) is 0 Å². The van der Waals surface area contributed by atoms with Gasteiger partial charge in [-0.1, -0.05) is 12.1 Å². The molecule has 0 aliphatic carbocycles. The average molecular weight is 379 g/mol. The minimum atomic E-state index is -0.202. The number of benzene rings is 2. The molecule has 1 heterocycles. The maximum absolute atomic E-state index is 12.7. The van der Waals surface area contributed by atoms with Crippen LogP contribution in [0.15, 0.2) is 42.6 Å². The van der Waals surface area contributed by atoms with E-state index in [-0.39, 0.29) is 5.91 Å². The van der Waals surface area contributed by atoms with Gasteiger partial charge in [0.1, 0.15) is 18.1 Å². The van der Waals surface area contributed by atoms with E-state index < -0.39 is 0 Å². The highest BCUT2D eigenvalue weighted by Crippen LogP contribution is 2.25. The van der Waals surface area contributed by atoms with Crippen LogP contribution in [0.3, 0.4) is 0 Å². The number of hydrogen-bond acceptors (Lipinski definition) is 4. The van der Waals surface area contributed by atoms with Gasteiger partial charge in [-0.25, -0.2) is 0 Å². The second kappa shape index (κ2) is 8.17. The Kier molecular flexibility index (Phi) is 5.68. The third-order valence-corrected chi connectivity index (χ3v) is 4.53. The van der Waals surface area contributed by atoms with Crippen molar-refractivity contribution in [2.24, 2.45) is 7.05 Å². The fraction of sp³-hybridized carbons (Fsp3) is 0.273. The molecule has 0 spiro atoms. The van der Waals surface area contributed by atoms with Crippen LogP contribution < -0.4 is 14.8 Å². The summed E-state index contributed by atoms with van der Waals surface area (Å²) >= 11 is 0. The van der Waals surface area contributed by atoms with E-state index in [1.165, 1.54) is 0 Å². The Balaban J connectivity index is 1.80. The number of nitrogens with zero attached hydrogens (tertiary/aromatic N) is 2. The molecule has 0 fully saturated rings. The molecule has 0 saturated carbocycles. The van der Waals surface area contributed by atoms with E-state index in [1.807, 2.05) is 46.0 Å². The van der Waals surface area contributed by atoms with Crippen LogP contribution in [-0.2, 0) is 13.7 Å². The van der Waals surface area contributed by atoms with E-state index in [0.29, 0.717) is 23.6 Å². The second-order valence-corrected chi connectivity index (χ2v) is 6.84. The van der Waals surface area contributed by atoms with Crippen molar-refractivity contribution in [3.63, 3.8) is 0 Å². The summed E-state index contributed by atoms with van der Waals surface area (Å²) in [5, 5.41) is 7.14. The predicted octanol–water partition coefficient (Wildman–Crippen LogP) is 4.19. The Morgan fingerprint density at radius 3 is 2.57 bits per heavy atom. The summed E-state index contributed by atoms with van der Waals surface area (Å²) in [6.07, 6.45) is 1.78. The van der Waals surface area contributed by atoms with Crippen molar-refractivity contribution in [1.29, 1.82) is 0 Å². The first-order valence-corrected chi connectivity index (χ1v) is 9.06. The fourth-order valence-corrected chi connectivity index (χ4v) is 2.97. The van der Waals surface area contributed by atoms with Gasteiger partial charge >= 0.3 is 0 Å². The zero-order valence-electron chi connectivity index (χ0n) is 16.9. The Hall–Kier alpha value is -3.28. The summed E-state index contributed by atoms with van der Waals surface area (Å²) < 4.78 is 13.1. The molecule has 0 saturated heterocycles. The quantitative estimate of drug-likeness (QED) is 0.698. The third-order valence-electron chi connectivity index (χ3n) is 4.53. The maximum atomic E-state index is 12.7. The Morgan fingerprint density at radius 1 is 1.11 bits per heavy atom. The topological polar surface area (TPSA) is 65.4 Å². The van der Waals surface area contributed by atoms with Crippen molar-refractivity contribution < 1.29 is 14.3 Å². The zero-order valence-corrected chi connectivity index (χ0v) is 16.9. The van der Waals surface area contributed by atoms with Crippen LogP contribution in [0.2, 0.25) is 0 Å². The SMILES string of the molecule is COc1ccc(C(=O)Nc2cn(C)nc2C)cc1COc1cc(C)ccc1C. The standard InChI is InChI=1S/C22H25N3O3/c1-14-6-7-15(2)21(10-14)28-13-18-11-17(8-9-20(18)27-5)22(26)23-19-12-25(4)24-16(19)3/h6-12H,13H2,1-5H3,(H,23,26). The highest BCUT2D eigenvalue weighted by molar-refractivity contribution is 6.04. The molecule has 2 aromatic carbocycles. The molecule has 6 heteroatoms. The van der Waals surface area contributed by atoms with Gasteiger partial charge in [0, 0.05) is 24.4 Å². The van der Waals surface area contributed by atoms with Gasteiger partial charge in [0.15, 0.2) is 0 Å². The van der Waals surface area contributed by atoms with E-state index in [1.54, 1.807) is 36.2 Å². The Labute approximate surface area is 165 Å². The molecule has 3 aromatic rings. The van der Waals surface area contributed by atoms with E-state index in [0.717, 1.165) is 28.1 Å². The summed E-state index contributed by atoms with van der Waals surface area (Å²) in [6, 6.07) is 11.4. The number of methoxy groups -OCH3 is 1. The highest BCUT2D eigenvalue weighted by atomic mass is 16.5. The molecule has 0 aliphatic heterocycles. The summed E-state index contributed by atoms with van der Waals surface area (Å²) in [6.45, 7) is 6.19. The van der Waals surface area contributed by atoms with Crippen LogP contribution in [0.4, 0.5) is 5.69 Å². The molecular weight excluding hydrogens is 354 g/mol. The van der Waals surface area contributed by atoms with Gasteiger partial charge in [0.25, 0.3) is 5.91 Å². The number of aryl methyl sites for hydroxylation is 4. The van der Waals surface area contributed by atoms with Gasteiger partial charge in [-0.15, -0.1) is 0 Å². The van der Waals surface area contributed by atoms with E-state index >= 15 is 0 Å². The van der Waals surface area contributed by atoms with Crippen molar-refractivity contribution >= 4 is 11.6 Å². The van der Waals surface area contributed by atoms with E-state index in [9.17, 15) is 4.79 Å². The summed E-state index contributed by atoms with van der Waals surface area (Å²) in [7, 11) is 3.42. The largest absolute Gasteiger partial charge is 0.496 e. The number of hydrogen-bond donors (Lipinski definition) is 1. The highest BCUT2D eigenvalue weighted by Gasteiger charge is 2.14. The summed E-state index contributed by atoms with van der Waals surface area (Å²) in [5.41, 5.74) is 4.99. The zero-order chi connectivity index (χ0) is 20.3. The molecule has 0 radical (unpaired) electrons. The molecule has 1 aromatic heterocycles. The van der Waals surface area contributed by atoms with E-state index in [2.05, 4.69) is 10.4 Å². The first-order chi connectivity index (χ1) is 13.4. The van der Waals surface area contributed by atoms with Crippen molar-refractivity contribution in [3.8, 4) is 11.5 Å². The lowest BCUT2D eigenvalue weighted by Gasteiger charge is -2.14. The number of nitrogens with one attached hydrogen (secondary N) is 1. The summed E-state index contributed by atoms with van der Waals surface area (Å²) in [4.78, 5) is 12.7. The lowest BCUT2D eigenvalue weighted by atomic mass is 10.1. The van der Waals surface area contributed by atoms with Gasteiger partial charge in [-0.3, -0.25) is 9.48 Å². The Morgan fingerprint density at radius 2 is 1.89 bits per heavy atom. The number of anilines is 1. The molecule has 28 heavy (non-hydrogen) atoms. The lowest BCUT2D eigenvalue weighted by molar-refractivity contribution is 0.102. The number of amides is 1. The number of ether oxygens (including phenoxy) is 2. The van der Waals surface area contributed by atoms with E-state index in [4.69, 9.17) is 9.47 Å². The molecule has 0 atom stereocenters. The first-order valence-electron chi connectivity index (χ1n) is 9.06. The maximum Gasteiger partial charge on any atom is 0.255 e. The minimum absolute atomic E-state index is 0.202. The predicted molar refractivity (Wildman–Crippen MR) is 109 cm³/mol. The molecule has 1 N–H and O–H groups in total. The molecule has 6 nitrogen and oxygen atoms in total. The summed E-state index contributed by atoms with van der Waals surface area (Å²) in [5.74, 6) is 1.30. The number of carbonyl (C=O) groups is 1. The van der Waals surface area contributed by atoms with Gasteiger partial charge < -0.3 is 14.8 Å². The smallest absolute Gasteiger partial charge is 0.255 e. The van der Waals surface area contributed by atoms with Gasteiger partial charge in [-0.05, 0) is 56.2 Å². The molecule has 0 aliphatic rings. The number of aromatic nitrogens is 2. The molecule has 146 valence electrons. The second-order valence-electron chi connectivity index (χ2n) is 6.84. The van der Waals surface area contributed by atoms with Crippen molar-refractivity contribution in [2.75, 3.05) is 12.4 Å². The average Bonchev–Trinajstić information content (AvgIpc) is 2.99. The molecular formula is C22H25N3O3. The fourth-order valence-electron chi connectivity index (χ4n) is 2.97. The van der Waals surface area contributed by atoms with Crippen LogP contribution in [0.25, 0.3) is 0 Å². The minimum Gasteiger partial charge on any atom is -0.496 e. The van der Waals surface area contributed by atoms with Crippen molar-refractivity contribution in [2.45, 2.75) is 27.4 Å². The number of rotatable bonds is 6. The van der Waals surface area contributed by atoms with Gasteiger partial charge in [-0.2, -0.15) is 5.10 Å². The van der Waals surface area contributed by atoms with Crippen LogP contribution >= 0.6 is 0 Å². The van der Waals surface area contributed by atoms with Crippen LogP contribution in [0, 0.1) is 20.8 Å². The first kappa shape index (κ1) is 19.5. The van der Waals surface area contributed by atoms with Gasteiger partial charge in [0.05, 0.1) is 18.5 Å². The molecule has 1 amide bonds. The van der Waals surface area contributed by atoms with Crippen molar-refractivity contribution in [1.82, 2.24) is 9.78 Å².